The van der Waals surface area contributed by atoms with E-state index in [2.05, 4.69) is 20.0 Å². The minimum Gasteiger partial charge on any atom is -0.433 e. The van der Waals surface area contributed by atoms with Gasteiger partial charge in [0, 0.05) is 6.08 Å². The molecule has 0 unspecified atom stereocenters. The number of para-hydroxylation sites is 4. The number of halogens is 2. The maximum atomic E-state index is 12.4. The molecular weight excluding hydrogens is 328 g/mol. The molecule has 0 atom stereocenters. The standard InChI is InChI=1S/C18H13F2N3O2/c19-18(20)25-16-8-4-3-7-15(16)23-17(24)10-9-12-11-21-13-5-1-2-6-14(13)22-12/h1-11,18H,(H,23,24)/b10-9+. The van der Waals surface area contributed by atoms with Crippen molar-refractivity contribution in [2.24, 2.45) is 0 Å². The van der Waals surface area contributed by atoms with Gasteiger partial charge in [0.1, 0.15) is 5.75 Å². The minimum absolute atomic E-state index is 0.107. The second kappa shape index (κ2) is 7.48. The van der Waals surface area contributed by atoms with Crippen LogP contribution >= 0.6 is 0 Å². The van der Waals surface area contributed by atoms with Crippen molar-refractivity contribution in [2.75, 3.05) is 5.32 Å². The van der Waals surface area contributed by atoms with Crippen LogP contribution in [0.4, 0.5) is 14.5 Å². The lowest BCUT2D eigenvalue weighted by molar-refractivity contribution is -0.111. The molecule has 0 bridgehead atoms. The van der Waals surface area contributed by atoms with Crippen molar-refractivity contribution >= 4 is 28.7 Å². The number of benzene rings is 2. The lowest BCUT2D eigenvalue weighted by atomic mass is 10.2. The van der Waals surface area contributed by atoms with Gasteiger partial charge in [0.05, 0.1) is 28.6 Å². The van der Waals surface area contributed by atoms with Crippen molar-refractivity contribution in [1.82, 2.24) is 9.97 Å². The molecule has 3 aromatic rings. The first kappa shape index (κ1) is 16.5. The molecule has 0 radical (unpaired) electrons. The highest BCUT2D eigenvalue weighted by Crippen LogP contribution is 2.25. The Morgan fingerprint density at radius 2 is 1.80 bits per heavy atom. The number of anilines is 1. The number of alkyl halides is 2. The molecule has 0 aliphatic carbocycles. The Kier molecular flexibility index (Phi) is 4.94. The third-order valence-electron chi connectivity index (χ3n) is 3.23. The Hall–Kier alpha value is -3.35. The summed E-state index contributed by atoms with van der Waals surface area (Å²) < 4.78 is 29.1. The predicted octanol–water partition coefficient (Wildman–Crippen LogP) is 3.88. The maximum absolute atomic E-state index is 12.4. The van der Waals surface area contributed by atoms with Crippen molar-refractivity contribution in [2.45, 2.75) is 6.61 Å². The minimum atomic E-state index is -2.97. The smallest absolute Gasteiger partial charge is 0.387 e. The lowest BCUT2D eigenvalue weighted by Crippen LogP contribution is -2.11. The summed E-state index contributed by atoms with van der Waals surface area (Å²) in [6, 6.07) is 13.3. The number of nitrogens with zero attached hydrogens (tertiary/aromatic N) is 2. The van der Waals surface area contributed by atoms with Crippen molar-refractivity contribution in [3.8, 4) is 5.75 Å². The summed E-state index contributed by atoms with van der Waals surface area (Å²) in [6.45, 7) is -2.97. The summed E-state index contributed by atoms with van der Waals surface area (Å²) in [5, 5.41) is 2.49. The average Bonchev–Trinajstić information content (AvgIpc) is 2.61. The first-order valence-electron chi connectivity index (χ1n) is 7.36. The Labute approximate surface area is 142 Å². The van der Waals surface area contributed by atoms with Gasteiger partial charge in [-0.1, -0.05) is 24.3 Å². The van der Waals surface area contributed by atoms with Gasteiger partial charge in [-0.2, -0.15) is 8.78 Å². The Morgan fingerprint density at radius 3 is 2.60 bits per heavy atom. The van der Waals surface area contributed by atoms with Gasteiger partial charge in [-0.05, 0) is 30.3 Å². The molecule has 0 aliphatic rings. The van der Waals surface area contributed by atoms with E-state index < -0.39 is 12.5 Å². The fourth-order valence-corrected chi connectivity index (χ4v) is 2.16. The monoisotopic (exact) mass is 341 g/mol. The number of rotatable bonds is 5. The Morgan fingerprint density at radius 1 is 1.08 bits per heavy atom. The maximum Gasteiger partial charge on any atom is 0.387 e. The molecule has 7 heteroatoms. The van der Waals surface area contributed by atoms with Crippen LogP contribution in [0.5, 0.6) is 5.75 Å². The molecule has 126 valence electrons. The van der Waals surface area contributed by atoms with Crippen LogP contribution < -0.4 is 10.1 Å². The fraction of sp³-hybridized carbons (Fsp3) is 0.0556. The molecule has 0 aliphatic heterocycles. The third-order valence-corrected chi connectivity index (χ3v) is 3.23. The van der Waals surface area contributed by atoms with E-state index in [9.17, 15) is 13.6 Å². The van der Waals surface area contributed by atoms with Gasteiger partial charge >= 0.3 is 6.61 Å². The zero-order valence-corrected chi connectivity index (χ0v) is 12.9. The zero-order valence-electron chi connectivity index (χ0n) is 12.9. The Balaban J connectivity index is 1.72. The normalized spacial score (nSPS) is 11.2. The molecule has 25 heavy (non-hydrogen) atoms. The number of carbonyl (C=O) groups excluding carboxylic acids is 1. The molecule has 1 amide bonds. The van der Waals surface area contributed by atoms with Gasteiger partial charge in [0.15, 0.2) is 0 Å². The number of hydrogen-bond donors (Lipinski definition) is 1. The largest absolute Gasteiger partial charge is 0.433 e. The SMILES string of the molecule is O=C(/C=C/c1cnc2ccccc2n1)Nc1ccccc1OC(F)F. The van der Waals surface area contributed by atoms with Crippen LogP contribution in [-0.2, 0) is 4.79 Å². The van der Waals surface area contributed by atoms with Gasteiger partial charge in [0.2, 0.25) is 5.91 Å². The van der Waals surface area contributed by atoms with Crippen molar-refractivity contribution in [1.29, 1.82) is 0 Å². The quantitative estimate of drug-likeness (QED) is 0.715. The van der Waals surface area contributed by atoms with Crippen molar-refractivity contribution in [3.63, 3.8) is 0 Å². The van der Waals surface area contributed by atoms with Gasteiger partial charge < -0.3 is 10.1 Å². The van der Waals surface area contributed by atoms with Crippen LogP contribution in [0.15, 0.2) is 60.8 Å². The van der Waals surface area contributed by atoms with E-state index in [1.54, 1.807) is 12.3 Å². The number of aromatic nitrogens is 2. The van der Waals surface area contributed by atoms with E-state index >= 15 is 0 Å². The first-order valence-corrected chi connectivity index (χ1v) is 7.36. The summed E-state index contributed by atoms with van der Waals surface area (Å²) in [5.74, 6) is -0.606. The summed E-state index contributed by atoms with van der Waals surface area (Å²) in [5.41, 5.74) is 2.12. The number of ether oxygens (including phenoxy) is 1. The summed E-state index contributed by atoms with van der Waals surface area (Å²) in [6.07, 6.45) is 4.28. The highest BCUT2D eigenvalue weighted by Gasteiger charge is 2.10. The molecule has 1 heterocycles. The fourth-order valence-electron chi connectivity index (χ4n) is 2.16. The molecule has 0 saturated heterocycles. The van der Waals surface area contributed by atoms with Gasteiger partial charge in [0.25, 0.3) is 0 Å². The highest BCUT2D eigenvalue weighted by atomic mass is 19.3. The lowest BCUT2D eigenvalue weighted by Gasteiger charge is -2.10. The predicted molar refractivity (Wildman–Crippen MR) is 90.3 cm³/mol. The first-order chi connectivity index (χ1) is 12.1. The number of fused-ring (bicyclic) bond motifs is 1. The summed E-state index contributed by atoms with van der Waals surface area (Å²) >= 11 is 0. The number of hydrogen-bond acceptors (Lipinski definition) is 4. The van der Waals surface area contributed by atoms with Crippen molar-refractivity contribution in [3.05, 3.63) is 66.5 Å². The second-order valence-corrected chi connectivity index (χ2v) is 4.98. The van der Waals surface area contributed by atoms with Crippen LogP contribution in [-0.4, -0.2) is 22.5 Å². The van der Waals surface area contributed by atoms with E-state index in [-0.39, 0.29) is 11.4 Å². The number of carbonyl (C=O) groups is 1. The van der Waals surface area contributed by atoms with Crippen LogP contribution in [0.2, 0.25) is 0 Å². The molecule has 3 rings (SSSR count). The van der Waals surface area contributed by atoms with Crippen LogP contribution in [0, 0.1) is 0 Å². The van der Waals surface area contributed by atoms with E-state index in [0.29, 0.717) is 11.2 Å². The van der Waals surface area contributed by atoms with Crippen LogP contribution in [0.3, 0.4) is 0 Å². The van der Waals surface area contributed by atoms with Crippen molar-refractivity contribution < 1.29 is 18.3 Å². The average molecular weight is 341 g/mol. The van der Waals surface area contributed by atoms with Gasteiger partial charge in [-0.25, -0.2) is 4.98 Å². The molecule has 1 aromatic heterocycles. The van der Waals surface area contributed by atoms with E-state index in [0.717, 1.165) is 5.52 Å². The molecule has 5 nitrogen and oxygen atoms in total. The van der Waals surface area contributed by atoms with Crippen LogP contribution in [0.25, 0.3) is 17.1 Å². The third kappa shape index (κ3) is 4.35. The molecule has 1 N–H and O–H groups in total. The number of amides is 1. The van der Waals surface area contributed by atoms with E-state index in [1.165, 1.54) is 30.4 Å². The molecule has 0 spiro atoms. The summed E-state index contributed by atoms with van der Waals surface area (Å²) in [7, 11) is 0. The molecule has 2 aromatic carbocycles. The molecule has 0 fully saturated rings. The van der Waals surface area contributed by atoms with Gasteiger partial charge in [-0.3, -0.25) is 9.78 Å². The molecule has 0 saturated carbocycles. The highest BCUT2D eigenvalue weighted by molar-refractivity contribution is 6.02. The van der Waals surface area contributed by atoms with Gasteiger partial charge in [-0.15, -0.1) is 0 Å². The molecular formula is C18H13F2N3O2. The summed E-state index contributed by atoms with van der Waals surface area (Å²) in [4.78, 5) is 20.6. The number of nitrogens with one attached hydrogen (secondary N) is 1. The van der Waals surface area contributed by atoms with E-state index in [4.69, 9.17) is 0 Å². The topological polar surface area (TPSA) is 64.1 Å². The van der Waals surface area contributed by atoms with E-state index in [1.807, 2.05) is 24.3 Å². The second-order valence-electron chi connectivity index (χ2n) is 4.98. The zero-order chi connectivity index (χ0) is 17.6. The Bertz CT molecular complexity index is 929. The van der Waals surface area contributed by atoms with Crippen LogP contribution in [0.1, 0.15) is 5.69 Å².